The molecule has 154 valence electrons. The van der Waals surface area contributed by atoms with Crippen molar-refractivity contribution in [2.24, 2.45) is 0 Å². The van der Waals surface area contributed by atoms with Crippen LogP contribution < -0.4 is 20.9 Å². The van der Waals surface area contributed by atoms with Crippen LogP contribution in [-0.4, -0.2) is 32.0 Å². The molecule has 0 unspecified atom stereocenters. The summed E-state index contributed by atoms with van der Waals surface area (Å²) in [5.74, 6) is 0.579. The summed E-state index contributed by atoms with van der Waals surface area (Å²) in [5, 5.41) is 12.3. The minimum atomic E-state index is -0.250. The molecule has 0 aliphatic rings. The third-order valence-electron chi connectivity index (χ3n) is 4.88. The normalized spacial score (nSPS) is 10.8. The summed E-state index contributed by atoms with van der Waals surface area (Å²) in [6.45, 7) is 0.414. The van der Waals surface area contributed by atoms with Gasteiger partial charge >= 0.3 is 0 Å². The number of carbonyl (C=O) groups is 1. The molecule has 3 N–H and O–H groups in total. The van der Waals surface area contributed by atoms with E-state index in [4.69, 9.17) is 4.42 Å². The fourth-order valence-corrected chi connectivity index (χ4v) is 4.10. The van der Waals surface area contributed by atoms with Crippen LogP contribution in [-0.2, 0) is 6.54 Å². The molecule has 7 nitrogen and oxygen atoms in total. The van der Waals surface area contributed by atoms with Crippen LogP contribution >= 0.6 is 11.3 Å². The molecule has 0 aliphatic carbocycles. The number of rotatable bonds is 7. The van der Waals surface area contributed by atoms with Crippen LogP contribution in [0, 0.1) is 0 Å². The number of fused-ring (bicyclic) bond motifs is 1. The number of pyridine rings is 1. The van der Waals surface area contributed by atoms with E-state index >= 15 is 0 Å². The Balaban J connectivity index is 1.82. The largest absolute Gasteiger partial charge is 0.449 e. The molecule has 0 fully saturated rings. The first-order valence-electron chi connectivity index (χ1n) is 9.55. The van der Waals surface area contributed by atoms with Gasteiger partial charge in [-0.25, -0.2) is 4.98 Å². The van der Waals surface area contributed by atoms with Gasteiger partial charge in [-0.1, -0.05) is 12.1 Å². The maximum atomic E-state index is 13.7. The Hall–Kier alpha value is -3.52. The van der Waals surface area contributed by atoms with Crippen molar-refractivity contribution in [3.63, 3.8) is 0 Å². The maximum Gasteiger partial charge on any atom is 0.297 e. The number of benzene rings is 1. The second-order valence-corrected chi connectivity index (χ2v) is 7.64. The molecule has 3 heterocycles. The maximum absolute atomic E-state index is 13.7. The average Bonchev–Trinajstić information content (AvgIpc) is 3.43. The number of aromatic nitrogens is 1. The number of carbonyl (C=O) groups excluding carboxylic acids is 1. The van der Waals surface area contributed by atoms with Gasteiger partial charge in [-0.15, -0.1) is 11.3 Å². The zero-order valence-corrected chi connectivity index (χ0v) is 17.8. The van der Waals surface area contributed by atoms with Crippen LogP contribution in [0.5, 0.6) is 0 Å². The van der Waals surface area contributed by atoms with Crippen LogP contribution in [0.3, 0.4) is 0 Å². The summed E-state index contributed by atoms with van der Waals surface area (Å²) in [5.41, 5.74) is 3.09. The molecule has 0 saturated carbocycles. The highest BCUT2D eigenvalue weighted by molar-refractivity contribution is 7.09. The first kappa shape index (κ1) is 19.8. The van der Waals surface area contributed by atoms with Crippen LogP contribution in [0.25, 0.3) is 11.0 Å². The average molecular weight is 422 g/mol. The molecular weight excluding hydrogens is 398 g/mol. The molecule has 1 aromatic carbocycles. The van der Waals surface area contributed by atoms with Crippen LogP contribution in [0.15, 0.2) is 58.5 Å². The van der Waals surface area contributed by atoms with Crippen LogP contribution in [0.4, 0.5) is 22.9 Å². The van der Waals surface area contributed by atoms with E-state index in [2.05, 4.69) is 20.9 Å². The van der Waals surface area contributed by atoms with Gasteiger partial charge in [-0.05, 0) is 29.6 Å². The number of anilines is 4. The van der Waals surface area contributed by atoms with Crippen molar-refractivity contribution in [1.29, 1.82) is 0 Å². The van der Waals surface area contributed by atoms with Crippen LogP contribution in [0.2, 0.25) is 0 Å². The first-order valence-corrected chi connectivity index (χ1v) is 10.4. The highest BCUT2D eigenvalue weighted by Crippen LogP contribution is 2.37. The zero-order valence-electron chi connectivity index (χ0n) is 17.0. The lowest BCUT2D eigenvalue weighted by Gasteiger charge is -2.20. The Morgan fingerprint density at radius 2 is 1.87 bits per heavy atom. The number of thiophene rings is 1. The van der Waals surface area contributed by atoms with E-state index in [-0.39, 0.29) is 11.7 Å². The molecule has 0 atom stereocenters. The predicted molar refractivity (Wildman–Crippen MR) is 124 cm³/mol. The minimum absolute atomic E-state index is 0.250. The Labute approximate surface area is 178 Å². The smallest absolute Gasteiger partial charge is 0.297 e. The lowest BCUT2D eigenvalue weighted by molar-refractivity contribution is 0.0961. The summed E-state index contributed by atoms with van der Waals surface area (Å²) in [4.78, 5) is 20.8. The van der Waals surface area contributed by atoms with Crippen molar-refractivity contribution in [2.45, 2.75) is 6.54 Å². The van der Waals surface area contributed by atoms with E-state index in [9.17, 15) is 4.79 Å². The molecular formula is C22H23N5O2S. The Morgan fingerprint density at radius 1 is 1.07 bits per heavy atom. The van der Waals surface area contributed by atoms with Crippen molar-refractivity contribution in [3.05, 3.63) is 64.7 Å². The van der Waals surface area contributed by atoms with Crippen molar-refractivity contribution in [1.82, 2.24) is 4.98 Å². The Kier molecular flexibility index (Phi) is 5.58. The third-order valence-corrected chi connectivity index (χ3v) is 5.74. The standard InChI is InChI=1S/C22H23N5O2S/c1-23-16-11-15-18(12-17(16)24-2)29-21(20(15)25-3)22(28)27(13-14-7-6-10-30-14)19-8-4-5-9-26-19/h4-12,23-25H,13H2,1-3H3. The fraction of sp³-hybridized carbons (Fsp3) is 0.182. The summed E-state index contributed by atoms with van der Waals surface area (Å²) < 4.78 is 6.07. The molecule has 0 radical (unpaired) electrons. The van der Waals surface area contributed by atoms with Gasteiger partial charge < -0.3 is 20.4 Å². The van der Waals surface area contributed by atoms with E-state index < -0.39 is 0 Å². The molecule has 1 amide bonds. The lowest BCUT2D eigenvalue weighted by Crippen LogP contribution is -2.31. The van der Waals surface area contributed by atoms with E-state index in [0.717, 1.165) is 21.6 Å². The van der Waals surface area contributed by atoms with Gasteiger partial charge in [-0.3, -0.25) is 9.69 Å². The van der Waals surface area contributed by atoms with Crippen molar-refractivity contribution >= 4 is 51.1 Å². The summed E-state index contributed by atoms with van der Waals surface area (Å²) >= 11 is 1.60. The van der Waals surface area contributed by atoms with Crippen LogP contribution in [0.1, 0.15) is 15.4 Å². The van der Waals surface area contributed by atoms with Crippen molar-refractivity contribution in [3.8, 4) is 0 Å². The second-order valence-electron chi connectivity index (χ2n) is 6.61. The van der Waals surface area contributed by atoms with Gasteiger partial charge in [0.25, 0.3) is 5.91 Å². The van der Waals surface area contributed by atoms with Gasteiger partial charge in [0, 0.05) is 43.7 Å². The molecule has 3 aromatic heterocycles. The quantitative estimate of drug-likeness (QED) is 0.395. The molecule has 8 heteroatoms. The number of nitrogens with one attached hydrogen (secondary N) is 3. The molecule has 30 heavy (non-hydrogen) atoms. The van der Waals surface area contributed by atoms with Gasteiger partial charge in [0.1, 0.15) is 11.4 Å². The third kappa shape index (κ3) is 3.57. The van der Waals surface area contributed by atoms with Crippen molar-refractivity contribution < 1.29 is 9.21 Å². The number of furan rings is 1. The fourth-order valence-electron chi connectivity index (χ4n) is 3.41. The monoisotopic (exact) mass is 421 g/mol. The highest BCUT2D eigenvalue weighted by atomic mass is 32.1. The zero-order chi connectivity index (χ0) is 21.1. The van der Waals surface area contributed by atoms with Gasteiger partial charge in [0.15, 0.2) is 0 Å². The summed E-state index contributed by atoms with van der Waals surface area (Å²) in [6.07, 6.45) is 1.68. The lowest BCUT2D eigenvalue weighted by atomic mass is 10.1. The van der Waals surface area contributed by atoms with E-state index in [1.807, 2.05) is 61.9 Å². The van der Waals surface area contributed by atoms with E-state index in [0.29, 0.717) is 23.6 Å². The topological polar surface area (TPSA) is 82.4 Å². The highest BCUT2D eigenvalue weighted by Gasteiger charge is 2.27. The summed E-state index contributed by atoms with van der Waals surface area (Å²) in [7, 11) is 5.49. The second kappa shape index (κ2) is 8.46. The van der Waals surface area contributed by atoms with Gasteiger partial charge in [0.2, 0.25) is 5.76 Å². The van der Waals surface area contributed by atoms with Gasteiger partial charge in [0.05, 0.1) is 23.6 Å². The molecule has 4 rings (SSSR count). The predicted octanol–water partition coefficient (Wildman–Crippen LogP) is 4.86. The number of hydrogen-bond acceptors (Lipinski definition) is 7. The molecule has 0 spiro atoms. The minimum Gasteiger partial charge on any atom is -0.449 e. The molecule has 0 bridgehead atoms. The Morgan fingerprint density at radius 3 is 2.50 bits per heavy atom. The first-order chi connectivity index (χ1) is 14.7. The number of nitrogens with zero attached hydrogens (tertiary/aromatic N) is 2. The Bertz CT molecular complexity index is 1160. The number of hydrogen-bond donors (Lipinski definition) is 3. The SMILES string of the molecule is CNc1cc2oc(C(=O)N(Cc3cccs3)c3ccccn3)c(NC)c2cc1NC. The molecule has 0 saturated heterocycles. The molecule has 4 aromatic rings. The molecule has 0 aliphatic heterocycles. The van der Waals surface area contributed by atoms with E-state index in [1.54, 1.807) is 29.5 Å². The van der Waals surface area contributed by atoms with Crippen molar-refractivity contribution in [2.75, 3.05) is 42.0 Å². The van der Waals surface area contributed by atoms with E-state index in [1.165, 1.54) is 0 Å². The number of amides is 1. The van der Waals surface area contributed by atoms with Gasteiger partial charge in [-0.2, -0.15) is 0 Å². The summed E-state index contributed by atoms with van der Waals surface area (Å²) in [6, 6.07) is 13.4.